The molecule has 0 aromatic heterocycles. The van der Waals surface area contributed by atoms with E-state index in [0.29, 0.717) is 0 Å². The van der Waals surface area contributed by atoms with Crippen molar-refractivity contribution in [1.29, 1.82) is 0 Å². The van der Waals surface area contributed by atoms with E-state index in [1.807, 2.05) is 0 Å². The van der Waals surface area contributed by atoms with E-state index < -0.39 is 0 Å². The van der Waals surface area contributed by atoms with Crippen molar-refractivity contribution in [2.45, 2.75) is 52.4 Å². The van der Waals surface area contributed by atoms with Gasteiger partial charge in [-0.05, 0) is 72.6 Å². The zero-order valence-corrected chi connectivity index (χ0v) is 12.9. The van der Waals surface area contributed by atoms with E-state index in [1.54, 1.807) is 11.1 Å². The fraction of sp³-hybridized carbons (Fsp3) is 0.500. The van der Waals surface area contributed by atoms with Crippen LogP contribution in [-0.2, 0) is 0 Å². The van der Waals surface area contributed by atoms with Gasteiger partial charge in [-0.1, -0.05) is 50.3 Å². The van der Waals surface area contributed by atoms with Crippen molar-refractivity contribution in [3.05, 3.63) is 47.5 Å². The van der Waals surface area contributed by atoms with Gasteiger partial charge in [0.2, 0.25) is 0 Å². The molecule has 0 saturated carbocycles. The fourth-order valence-corrected chi connectivity index (χ4v) is 3.35. The van der Waals surface area contributed by atoms with Crippen LogP contribution in [0.3, 0.4) is 0 Å². The summed E-state index contributed by atoms with van der Waals surface area (Å²) in [5.41, 5.74) is 5.98. The number of hydrogen-bond acceptors (Lipinski definition) is 0. The Morgan fingerprint density at radius 3 is 1.40 bits per heavy atom. The first-order chi connectivity index (χ1) is 9.72. The fourth-order valence-electron chi connectivity index (χ4n) is 3.35. The van der Waals surface area contributed by atoms with Gasteiger partial charge in [-0.25, -0.2) is 0 Å². The molecule has 0 radical (unpaired) electrons. The van der Waals surface area contributed by atoms with Gasteiger partial charge in [0.1, 0.15) is 0 Å². The second-order valence-electron chi connectivity index (χ2n) is 6.80. The second-order valence-corrected chi connectivity index (χ2v) is 6.80. The zero-order valence-electron chi connectivity index (χ0n) is 12.9. The van der Waals surface area contributed by atoms with Gasteiger partial charge in [0.15, 0.2) is 0 Å². The molecular weight excluding hydrogens is 240 g/mol. The van der Waals surface area contributed by atoms with Crippen LogP contribution in [0.5, 0.6) is 0 Å². The molecule has 2 aliphatic carbocycles. The summed E-state index contributed by atoms with van der Waals surface area (Å²) in [6.45, 7) is 4.71. The minimum absolute atomic E-state index is 0.868. The van der Waals surface area contributed by atoms with Crippen LogP contribution in [0.25, 0.3) is 11.1 Å². The van der Waals surface area contributed by atoms with Gasteiger partial charge in [-0.3, -0.25) is 0 Å². The van der Waals surface area contributed by atoms with Gasteiger partial charge in [-0.2, -0.15) is 0 Å². The van der Waals surface area contributed by atoms with Crippen molar-refractivity contribution in [1.82, 2.24) is 0 Å². The number of hydrogen-bond donors (Lipinski definition) is 0. The number of benzene rings is 1. The van der Waals surface area contributed by atoms with Gasteiger partial charge < -0.3 is 0 Å². The van der Waals surface area contributed by atoms with Crippen molar-refractivity contribution in [3.8, 4) is 0 Å². The molecule has 3 rings (SSSR count). The Morgan fingerprint density at radius 1 is 0.700 bits per heavy atom. The van der Waals surface area contributed by atoms with Crippen LogP contribution < -0.4 is 0 Å². The van der Waals surface area contributed by atoms with Gasteiger partial charge in [0.25, 0.3) is 0 Å². The van der Waals surface area contributed by atoms with Gasteiger partial charge in [-0.15, -0.1) is 0 Å². The normalized spacial score (nSPS) is 26.9. The van der Waals surface area contributed by atoms with E-state index >= 15 is 0 Å². The predicted molar refractivity (Wildman–Crippen MR) is 88.4 cm³/mol. The molecule has 20 heavy (non-hydrogen) atoms. The van der Waals surface area contributed by atoms with E-state index in [4.69, 9.17) is 0 Å². The molecule has 0 saturated heterocycles. The number of rotatable bonds is 2. The van der Waals surface area contributed by atoms with Crippen LogP contribution in [0.2, 0.25) is 0 Å². The van der Waals surface area contributed by atoms with E-state index in [2.05, 4.69) is 50.3 Å². The summed E-state index contributed by atoms with van der Waals surface area (Å²) in [5.74, 6) is 1.74. The van der Waals surface area contributed by atoms with Crippen molar-refractivity contribution < 1.29 is 0 Å². The quantitative estimate of drug-likeness (QED) is 0.607. The van der Waals surface area contributed by atoms with E-state index in [1.165, 1.54) is 49.7 Å². The Labute approximate surface area is 123 Å². The average molecular weight is 266 g/mol. The van der Waals surface area contributed by atoms with Crippen molar-refractivity contribution in [2.75, 3.05) is 0 Å². The van der Waals surface area contributed by atoms with Crippen LogP contribution >= 0.6 is 0 Å². The molecule has 0 nitrogen and oxygen atoms in total. The minimum Gasteiger partial charge on any atom is -0.0805 e. The molecule has 106 valence electrons. The van der Waals surface area contributed by atoms with Gasteiger partial charge >= 0.3 is 0 Å². The monoisotopic (exact) mass is 266 g/mol. The van der Waals surface area contributed by atoms with Crippen molar-refractivity contribution in [3.63, 3.8) is 0 Å². The maximum atomic E-state index is 2.45. The molecule has 0 bridgehead atoms. The zero-order chi connectivity index (χ0) is 13.9. The highest BCUT2D eigenvalue weighted by atomic mass is 14.2. The lowest BCUT2D eigenvalue weighted by atomic mass is 9.85. The Bertz CT molecular complexity index is 466. The first-order valence-electron chi connectivity index (χ1n) is 8.21. The summed E-state index contributed by atoms with van der Waals surface area (Å²) in [7, 11) is 0. The standard InChI is InChI=1S/C20H26/c1-15-3-7-17(8-4-15)19-11-13-20(14-12-19)18-9-5-16(2)6-10-18/h7,9,11-16H,3-6,8,10H2,1-2H3. The van der Waals surface area contributed by atoms with Crippen LogP contribution in [0.4, 0.5) is 0 Å². The van der Waals surface area contributed by atoms with Gasteiger partial charge in [0, 0.05) is 0 Å². The highest BCUT2D eigenvalue weighted by Gasteiger charge is 2.13. The number of allylic oxidation sites excluding steroid dienone is 4. The molecule has 0 heteroatoms. The lowest BCUT2D eigenvalue weighted by Crippen LogP contribution is -2.02. The van der Waals surface area contributed by atoms with Crippen LogP contribution in [0.15, 0.2) is 36.4 Å². The SMILES string of the molecule is CC1CC=C(c2ccc(C3=CCC(C)CC3)cc2)CC1. The molecule has 0 amide bonds. The molecule has 0 N–H and O–H groups in total. The third kappa shape index (κ3) is 3.06. The maximum Gasteiger partial charge on any atom is -0.0227 e. The van der Waals surface area contributed by atoms with E-state index in [0.717, 1.165) is 11.8 Å². The van der Waals surface area contributed by atoms with Crippen molar-refractivity contribution in [2.24, 2.45) is 11.8 Å². The van der Waals surface area contributed by atoms with E-state index in [9.17, 15) is 0 Å². The van der Waals surface area contributed by atoms with Gasteiger partial charge in [0.05, 0.1) is 0 Å². The summed E-state index contributed by atoms with van der Waals surface area (Å²) in [6, 6.07) is 9.32. The highest BCUT2D eigenvalue weighted by Crippen LogP contribution is 2.33. The Hall–Kier alpha value is -1.30. The topological polar surface area (TPSA) is 0 Å². The Kier molecular flexibility index (Phi) is 4.10. The molecule has 0 fully saturated rings. The van der Waals surface area contributed by atoms with Crippen LogP contribution in [-0.4, -0.2) is 0 Å². The molecule has 2 atom stereocenters. The minimum atomic E-state index is 0.868. The Balaban J connectivity index is 1.75. The molecule has 2 aliphatic rings. The third-order valence-electron chi connectivity index (χ3n) is 4.97. The first-order valence-corrected chi connectivity index (χ1v) is 8.21. The molecule has 1 aromatic rings. The van der Waals surface area contributed by atoms with Crippen molar-refractivity contribution >= 4 is 11.1 Å². The third-order valence-corrected chi connectivity index (χ3v) is 4.97. The first kappa shape index (κ1) is 13.7. The maximum absolute atomic E-state index is 2.45. The molecule has 0 aliphatic heterocycles. The summed E-state index contributed by atoms with van der Waals surface area (Å²) < 4.78 is 0. The van der Waals surface area contributed by atoms with Crippen LogP contribution in [0, 0.1) is 11.8 Å². The molecule has 1 aromatic carbocycles. The summed E-state index contributed by atoms with van der Waals surface area (Å²) in [6.07, 6.45) is 12.6. The summed E-state index contributed by atoms with van der Waals surface area (Å²) >= 11 is 0. The lowest BCUT2D eigenvalue weighted by molar-refractivity contribution is 0.533. The summed E-state index contributed by atoms with van der Waals surface area (Å²) in [5, 5.41) is 0. The second kappa shape index (κ2) is 5.99. The van der Waals surface area contributed by atoms with E-state index in [-0.39, 0.29) is 0 Å². The molecular formula is C20H26. The molecule has 2 unspecified atom stereocenters. The highest BCUT2D eigenvalue weighted by molar-refractivity contribution is 5.71. The predicted octanol–water partition coefficient (Wildman–Crippen LogP) is 6.09. The summed E-state index contributed by atoms with van der Waals surface area (Å²) in [4.78, 5) is 0. The average Bonchev–Trinajstić information content (AvgIpc) is 2.49. The largest absolute Gasteiger partial charge is 0.0805 e. The Morgan fingerprint density at radius 2 is 1.10 bits per heavy atom. The molecule has 0 spiro atoms. The molecule has 0 heterocycles. The van der Waals surface area contributed by atoms with Crippen LogP contribution in [0.1, 0.15) is 63.5 Å². The smallest absolute Gasteiger partial charge is 0.0227 e. The lowest BCUT2D eigenvalue weighted by Gasteiger charge is -2.20.